The second kappa shape index (κ2) is 9.79. The number of fused-ring (bicyclic) bond motifs is 1. The van der Waals surface area contributed by atoms with E-state index in [1.807, 2.05) is 12.1 Å². The molecule has 1 amide bonds. The van der Waals surface area contributed by atoms with E-state index >= 15 is 0 Å². The first kappa shape index (κ1) is 22.6. The molecular formula is C25H30N2O4. The quantitative estimate of drug-likeness (QED) is 0.492. The van der Waals surface area contributed by atoms with Crippen LogP contribution in [0.3, 0.4) is 0 Å². The number of benzene rings is 2. The number of allylic oxidation sites excluding steroid dienone is 1. The summed E-state index contributed by atoms with van der Waals surface area (Å²) in [5.41, 5.74) is 4.10. The van der Waals surface area contributed by atoms with Crippen LogP contribution in [0, 0.1) is 0 Å². The van der Waals surface area contributed by atoms with Crippen molar-refractivity contribution in [2.45, 2.75) is 38.6 Å². The van der Waals surface area contributed by atoms with E-state index in [4.69, 9.17) is 9.47 Å². The normalized spacial score (nSPS) is 15.7. The summed E-state index contributed by atoms with van der Waals surface area (Å²) in [5.74, 6) is 0.417. The Morgan fingerprint density at radius 3 is 2.42 bits per heavy atom. The Labute approximate surface area is 183 Å². The molecule has 1 aliphatic rings. The molecule has 0 bridgehead atoms. The largest absolute Gasteiger partial charge is 0.497 e. The molecule has 2 N–H and O–H groups in total. The van der Waals surface area contributed by atoms with Crippen molar-refractivity contribution in [2.75, 3.05) is 26.1 Å². The van der Waals surface area contributed by atoms with Gasteiger partial charge < -0.3 is 20.1 Å². The number of amides is 1. The lowest BCUT2D eigenvalue weighted by molar-refractivity contribution is -0.119. The minimum absolute atomic E-state index is 0.0159. The van der Waals surface area contributed by atoms with Gasteiger partial charge in [0, 0.05) is 41.2 Å². The SMILES string of the molecule is CCC1(CC)Cc2ccc(OC)cc2/C(=C/C(=O)c2ccc(NC(=O)COC)cc2)N1. The molecule has 0 unspecified atom stereocenters. The lowest BCUT2D eigenvalue weighted by Gasteiger charge is -2.40. The zero-order chi connectivity index (χ0) is 22.4. The zero-order valence-corrected chi connectivity index (χ0v) is 18.6. The van der Waals surface area contributed by atoms with Crippen LogP contribution in [0.5, 0.6) is 5.75 Å². The van der Waals surface area contributed by atoms with Crippen molar-refractivity contribution in [2.24, 2.45) is 0 Å². The third kappa shape index (κ3) is 5.14. The van der Waals surface area contributed by atoms with Gasteiger partial charge in [0.05, 0.1) is 7.11 Å². The third-order valence-electron chi connectivity index (χ3n) is 5.89. The fourth-order valence-electron chi connectivity index (χ4n) is 3.90. The van der Waals surface area contributed by atoms with Gasteiger partial charge in [0.2, 0.25) is 5.91 Å². The van der Waals surface area contributed by atoms with Crippen LogP contribution in [-0.2, 0) is 16.0 Å². The van der Waals surface area contributed by atoms with Crippen molar-refractivity contribution < 1.29 is 19.1 Å². The molecule has 164 valence electrons. The summed E-state index contributed by atoms with van der Waals surface area (Å²) in [5, 5.41) is 6.36. The van der Waals surface area contributed by atoms with Crippen molar-refractivity contribution in [3.63, 3.8) is 0 Å². The lowest BCUT2D eigenvalue weighted by Crippen LogP contribution is -2.48. The standard InChI is InChI=1S/C25H30N2O4/c1-5-25(6-2)15-18-9-12-20(31-4)13-21(18)22(27-25)14-23(28)17-7-10-19(11-8-17)26-24(29)16-30-3/h7-14,27H,5-6,15-16H2,1-4H3,(H,26,29)/b22-14-. The second-order valence-electron chi connectivity index (χ2n) is 7.79. The molecule has 0 saturated heterocycles. The number of anilines is 1. The summed E-state index contributed by atoms with van der Waals surface area (Å²) in [6.45, 7) is 4.32. The van der Waals surface area contributed by atoms with E-state index in [2.05, 4.69) is 30.5 Å². The van der Waals surface area contributed by atoms with Crippen LogP contribution >= 0.6 is 0 Å². The van der Waals surface area contributed by atoms with E-state index in [9.17, 15) is 9.59 Å². The van der Waals surface area contributed by atoms with E-state index < -0.39 is 0 Å². The molecule has 1 heterocycles. The number of methoxy groups -OCH3 is 2. The van der Waals surface area contributed by atoms with Crippen LogP contribution in [0.25, 0.3) is 5.70 Å². The monoisotopic (exact) mass is 422 g/mol. The summed E-state index contributed by atoms with van der Waals surface area (Å²) in [7, 11) is 3.11. The van der Waals surface area contributed by atoms with E-state index in [0.29, 0.717) is 11.3 Å². The summed E-state index contributed by atoms with van der Waals surface area (Å²) < 4.78 is 10.2. The van der Waals surface area contributed by atoms with Gasteiger partial charge in [0.15, 0.2) is 5.78 Å². The number of hydrogen-bond donors (Lipinski definition) is 2. The molecule has 0 saturated carbocycles. The van der Waals surface area contributed by atoms with Gasteiger partial charge in [-0.3, -0.25) is 9.59 Å². The number of carbonyl (C=O) groups excluding carboxylic acids is 2. The van der Waals surface area contributed by atoms with Crippen molar-refractivity contribution in [1.82, 2.24) is 5.32 Å². The molecule has 2 aromatic rings. The Kier molecular flexibility index (Phi) is 7.13. The Morgan fingerprint density at radius 1 is 1.10 bits per heavy atom. The molecule has 1 aliphatic heterocycles. The molecule has 0 atom stereocenters. The smallest absolute Gasteiger partial charge is 0.250 e. The van der Waals surface area contributed by atoms with Crippen molar-refractivity contribution >= 4 is 23.1 Å². The topological polar surface area (TPSA) is 76.7 Å². The van der Waals surface area contributed by atoms with Crippen LogP contribution in [0.1, 0.15) is 48.2 Å². The average molecular weight is 423 g/mol. The van der Waals surface area contributed by atoms with Crippen LogP contribution < -0.4 is 15.4 Å². The lowest BCUT2D eigenvalue weighted by atomic mass is 9.79. The zero-order valence-electron chi connectivity index (χ0n) is 18.6. The Morgan fingerprint density at radius 2 is 1.81 bits per heavy atom. The fraction of sp³-hybridized carbons (Fsp3) is 0.360. The van der Waals surface area contributed by atoms with Crippen molar-refractivity contribution in [1.29, 1.82) is 0 Å². The Balaban J connectivity index is 1.90. The van der Waals surface area contributed by atoms with Gasteiger partial charge in [-0.1, -0.05) is 19.9 Å². The first-order chi connectivity index (χ1) is 14.9. The van der Waals surface area contributed by atoms with Crippen LogP contribution in [0.15, 0.2) is 48.5 Å². The van der Waals surface area contributed by atoms with Gasteiger partial charge in [0.1, 0.15) is 12.4 Å². The van der Waals surface area contributed by atoms with E-state index in [1.54, 1.807) is 37.5 Å². The molecule has 0 aliphatic carbocycles. The minimum atomic E-state index is -0.240. The maximum absolute atomic E-state index is 13.0. The molecule has 0 fully saturated rings. The van der Waals surface area contributed by atoms with Gasteiger partial charge in [0.25, 0.3) is 0 Å². The average Bonchev–Trinajstić information content (AvgIpc) is 2.79. The molecule has 6 heteroatoms. The predicted molar refractivity (Wildman–Crippen MR) is 122 cm³/mol. The summed E-state index contributed by atoms with van der Waals surface area (Å²) >= 11 is 0. The number of rotatable bonds is 8. The van der Waals surface area contributed by atoms with Crippen LogP contribution in [0.4, 0.5) is 5.69 Å². The molecule has 6 nitrogen and oxygen atoms in total. The van der Waals surface area contributed by atoms with Gasteiger partial charge in [-0.2, -0.15) is 0 Å². The highest BCUT2D eigenvalue weighted by atomic mass is 16.5. The molecule has 0 spiro atoms. The highest BCUT2D eigenvalue weighted by Gasteiger charge is 2.33. The second-order valence-corrected chi connectivity index (χ2v) is 7.79. The van der Waals surface area contributed by atoms with E-state index in [-0.39, 0.29) is 23.8 Å². The number of ketones is 1. The summed E-state index contributed by atoms with van der Waals surface area (Å²) in [4.78, 5) is 24.7. The van der Waals surface area contributed by atoms with Crippen LogP contribution in [-0.4, -0.2) is 38.1 Å². The van der Waals surface area contributed by atoms with E-state index in [0.717, 1.165) is 36.3 Å². The first-order valence-electron chi connectivity index (χ1n) is 10.5. The molecule has 0 aromatic heterocycles. The summed E-state index contributed by atoms with van der Waals surface area (Å²) in [6.07, 6.45) is 4.48. The number of carbonyl (C=O) groups is 2. The summed E-state index contributed by atoms with van der Waals surface area (Å²) in [6, 6.07) is 12.9. The number of nitrogens with one attached hydrogen (secondary N) is 2. The predicted octanol–water partition coefficient (Wildman–Crippen LogP) is 4.21. The van der Waals surface area contributed by atoms with Crippen molar-refractivity contribution in [3.05, 3.63) is 65.2 Å². The van der Waals surface area contributed by atoms with Gasteiger partial charge >= 0.3 is 0 Å². The molecular weight excluding hydrogens is 392 g/mol. The molecule has 3 rings (SSSR count). The van der Waals surface area contributed by atoms with Gasteiger partial charge in [-0.25, -0.2) is 0 Å². The van der Waals surface area contributed by atoms with E-state index in [1.165, 1.54) is 12.7 Å². The highest BCUT2D eigenvalue weighted by molar-refractivity contribution is 6.09. The number of ether oxygens (including phenoxy) is 2. The molecule has 0 radical (unpaired) electrons. The third-order valence-corrected chi connectivity index (χ3v) is 5.89. The van der Waals surface area contributed by atoms with Gasteiger partial charge in [-0.15, -0.1) is 0 Å². The maximum Gasteiger partial charge on any atom is 0.250 e. The minimum Gasteiger partial charge on any atom is -0.497 e. The maximum atomic E-state index is 13.0. The highest BCUT2D eigenvalue weighted by Crippen LogP contribution is 2.35. The first-order valence-corrected chi connectivity index (χ1v) is 10.5. The molecule has 2 aromatic carbocycles. The van der Waals surface area contributed by atoms with Crippen LogP contribution in [0.2, 0.25) is 0 Å². The fourth-order valence-corrected chi connectivity index (χ4v) is 3.90. The number of hydrogen-bond acceptors (Lipinski definition) is 5. The Bertz CT molecular complexity index is 976. The van der Waals surface area contributed by atoms with Gasteiger partial charge in [-0.05, 0) is 61.2 Å². The Hall–Kier alpha value is -3.12. The van der Waals surface area contributed by atoms with Crippen molar-refractivity contribution in [3.8, 4) is 5.75 Å². The molecule has 31 heavy (non-hydrogen) atoms.